The molecule has 1 unspecified atom stereocenters. The molecular formula is C22H25N3O8. The predicted octanol–water partition coefficient (Wildman–Crippen LogP) is 2.11. The lowest BCUT2D eigenvalue weighted by Gasteiger charge is -2.25. The van der Waals surface area contributed by atoms with E-state index in [0.717, 1.165) is 18.5 Å². The van der Waals surface area contributed by atoms with Gasteiger partial charge in [-0.3, -0.25) is 14.9 Å². The number of ether oxygens (including phenoxy) is 1. The molecule has 0 aliphatic carbocycles. The van der Waals surface area contributed by atoms with Gasteiger partial charge in [-0.25, -0.2) is 9.59 Å². The summed E-state index contributed by atoms with van der Waals surface area (Å²) in [6, 6.07) is 13.6. The van der Waals surface area contributed by atoms with Crippen LogP contribution in [-0.2, 0) is 16.1 Å². The van der Waals surface area contributed by atoms with Gasteiger partial charge < -0.3 is 24.7 Å². The molecule has 2 aromatic carbocycles. The Hall–Kier alpha value is -3.99. The molecule has 33 heavy (non-hydrogen) atoms. The minimum absolute atomic E-state index is 0.0403. The summed E-state index contributed by atoms with van der Waals surface area (Å²) in [5, 5.41) is 25.6. The summed E-state index contributed by atoms with van der Waals surface area (Å²) in [7, 11) is 4.01. The maximum Gasteiger partial charge on any atom is 0.414 e. The van der Waals surface area contributed by atoms with E-state index >= 15 is 0 Å². The maximum atomic E-state index is 13.0. The fourth-order valence-corrected chi connectivity index (χ4v) is 3.09. The Morgan fingerprint density at radius 2 is 1.73 bits per heavy atom. The van der Waals surface area contributed by atoms with Crippen LogP contribution in [0, 0.1) is 10.1 Å². The first-order valence-electron chi connectivity index (χ1n) is 9.97. The number of benzene rings is 2. The van der Waals surface area contributed by atoms with Gasteiger partial charge in [0.15, 0.2) is 0 Å². The molecule has 1 atom stereocenters. The lowest BCUT2D eigenvalue weighted by molar-refractivity contribution is -0.384. The third kappa shape index (κ3) is 7.58. The highest BCUT2D eigenvalue weighted by Crippen LogP contribution is 2.27. The molecule has 11 heteroatoms. The van der Waals surface area contributed by atoms with E-state index < -0.39 is 16.9 Å². The van der Waals surface area contributed by atoms with Crippen LogP contribution in [0.3, 0.4) is 0 Å². The number of nitrogens with zero attached hydrogens (tertiary/aromatic N) is 3. The van der Waals surface area contributed by atoms with Crippen LogP contribution >= 0.6 is 0 Å². The van der Waals surface area contributed by atoms with Crippen molar-refractivity contribution in [2.45, 2.75) is 19.1 Å². The van der Waals surface area contributed by atoms with Crippen LogP contribution in [0.5, 0.6) is 5.75 Å². The van der Waals surface area contributed by atoms with Crippen LogP contribution in [0.1, 0.15) is 22.3 Å². The summed E-state index contributed by atoms with van der Waals surface area (Å²) in [4.78, 5) is 45.5. The average Bonchev–Trinajstić information content (AvgIpc) is 2.90. The van der Waals surface area contributed by atoms with Gasteiger partial charge in [0.25, 0.3) is 11.6 Å². The second-order valence-electron chi connectivity index (χ2n) is 7.55. The number of carboxylic acids is 2. The molecule has 1 amide bonds. The molecule has 0 radical (unpaired) electrons. The molecule has 1 aliphatic heterocycles. The number of non-ortho nitro benzene ring substituents is 1. The third-order valence-electron chi connectivity index (χ3n) is 4.72. The van der Waals surface area contributed by atoms with Crippen molar-refractivity contribution in [2.75, 3.05) is 27.2 Å². The van der Waals surface area contributed by atoms with Crippen molar-refractivity contribution in [1.82, 2.24) is 9.80 Å². The molecule has 1 aliphatic rings. The highest BCUT2D eigenvalue weighted by Gasteiger charge is 2.28. The maximum absolute atomic E-state index is 13.0. The number of rotatable bonds is 6. The van der Waals surface area contributed by atoms with Gasteiger partial charge in [0.2, 0.25) is 0 Å². The van der Waals surface area contributed by atoms with Gasteiger partial charge >= 0.3 is 11.9 Å². The monoisotopic (exact) mass is 459 g/mol. The van der Waals surface area contributed by atoms with Crippen molar-refractivity contribution in [3.05, 3.63) is 69.8 Å². The highest BCUT2D eigenvalue weighted by molar-refractivity contribution is 6.27. The minimum atomic E-state index is -1.82. The zero-order valence-corrected chi connectivity index (χ0v) is 18.2. The van der Waals surface area contributed by atoms with E-state index in [1.165, 1.54) is 12.1 Å². The SMILES string of the molecule is CN(C)CCC1CN(Cc2ccc([N+](=O)[O-])cc2)C(=O)c2ccccc2O1.O=C(O)C(=O)O. The van der Waals surface area contributed by atoms with Crippen molar-refractivity contribution >= 4 is 23.5 Å². The first-order valence-corrected chi connectivity index (χ1v) is 9.97. The number of nitro groups is 1. The Labute approximate surface area is 189 Å². The second kappa shape index (κ2) is 11.6. The summed E-state index contributed by atoms with van der Waals surface area (Å²) in [6.07, 6.45) is 0.684. The van der Waals surface area contributed by atoms with E-state index in [0.29, 0.717) is 24.4 Å². The molecule has 0 spiro atoms. The Bertz CT molecular complexity index is 995. The molecule has 0 fully saturated rings. The molecule has 176 valence electrons. The third-order valence-corrected chi connectivity index (χ3v) is 4.72. The Morgan fingerprint density at radius 1 is 1.12 bits per heavy atom. The van der Waals surface area contributed by atoms with Crippen LogP contribution in [0.25, 0.3) is 0 Å². The zero-order valence-electron chi connectivity index (χ0n) is 18.2. The molecule has 3 rings (SSSR count). The summed E-state index contributed by atoms with van der Waals surface area (Å²) in [5.74, 6) is -3.13. The standard InChI is InChI=1S/C20H23N3O4.C2H2O4/c1-21(2)12-11-17-14-22(13-15-7-9-16(10-8-15)23(25)26)20(24)18-5-3-4-6-19(18)27-17;3-1(4)2(5)6/h3-10,17H,11-14H2,1-2H3;(H,3,4)(H,5,6). The van der Waals surface area contributed by atoms with Gasteiger partial charge in [0.05, 0.1) is 17.0 Å². The molecule has 0 saturated carbocycles. The summed E-state index contributed by atoms with van der Waals surface area (Å²) < 4.78 is 6.12. The van der Waals surface area contributed by atoms with E-state index in [4.69, 9.17) is 24.5 Å². The number of hydrogen-bond donors (Lipinski definition) is 2. The normalized spacial score (nSPS) is 14.9. The lowest BCUT2D eigenvalue weighted by atomic mass is 10.1. The largest absolute Gasteiger partial charge is 0.488 e. The highest BCUT2D eigenvalue weighted by atomic mass is 16.6. The van der Waals surface area contributed by atoms with Gasteiger partial charge in [-0.15, -0.1) is 0 Å². The van der Waals surface area contributed by atoms with E-state index in [1.54, 1.807) is 23.1 Å². The number of para-hydroxylation sites is 1. The summed E-state index contributed by atoms with van der Waals surface area (Å²) in [5.41, 5.74) is 1.44. The fourth-order valence-electron chi connectivity index (χ4n) is 3.09. The van der Waals surface area contributed by atoms with Gasteiger partial charge in [-0.05, 0) is 38.2 Å². The fraction of sp³-hybridized carbons (Fsp3) is 0.318. The smallest absolute Gasteiger partial charge is 0.414 e. The van der Waals surface area contributed by atoms with Gasteiger partial charge in [0.1, 0.15) is 11.9 Å². The number of aliphatic carboxylic acids is 2. The van der Waals surface area contributed by atoms with Crippen LogP contribution in [0.2, 0.25) is 0 Å². The Balaban J connectivity index is 0.000000569. The van der Waals surface area contributed by atoms with Crippen LogP contribution in [0.4, 0.5) is 5.69 Å². The molecule has 0 bridgehead atoms. The van der Waals surface area contributed by atoms with E-state index in [-0.39, 0.29) is 17.7 Å². The van der Waals surface area contributed by atoms with Crippen LogP contribution in [-0.4, -0.2) is 76.1 Å². The topological polar surface area (TPSA) is 151 Å². The van der Waals surface area contributed by atoms with Crippen LogP contribution < -0.4 is 4.74 Å². The number of hydrogen-bond acceptors (Lipinski definition) is 7. The predicted molar refractivity (Wildman–Crippen MR) is 117 cm³/mol. The second-order valence-corrected chi connectivity index (χ2v) is 7.55. The van der Waals surface area contributed by atoms with E-state index in [2.05, 4.69) is 4.90 Å². The summed E-state index contributed by atoms with van der Waals surface area (Å²) >= 11 is 0. The number of carbonyl (C=O) groups is 3. The molecule has 1 heterocycles. The van der Waals surface area contributed by atoms with Crippen molar-refractivity contribution in [2.24, 2.45) is 0 Å². The van der Waals surface area contributed by atoms with Crippen molar-refractivity contribution < 1.29 is 34.3 Å². The van der Waals surface area contributed by atoms with E-state index in [1.807, 2.05) is 32.3 Å². The van der Waals surface area contributed by atoms with Crippen molar-refractivity contribution in [3.63, 3.8) is 0 Å². The molecule has 2 N–H and O–H groups in total. The van der Waals surface area contributed by atoms with E-state index in [9.17, 15) is 14.9 Å². The molecule has 2 aromatic rings. The Kier molecular flexibility index (Phi) is 8.87. The number of carboxylic acid groups (broad SMARTS) is 2. The number of amides is 1. The molecule has 0 saturated heterocycles. The number of nitro benzene ring substituents is 1. The summed E-state index contributed by atoms with van der Waals surface area (Å²) in [6.45, 7) is 1.71. The quantitative estimate of drug-likeness (QED) is 0.376. The minimum Gasteiger partial charge on any atom is -0.488 e. The van der Waals surface area contributed by atoms with Crippen molar-refractivity contribution in [3.8, 4) is 5.75 Å². The number of fused-ring (bicyclic) bond motifs is 1. The average molecular weight is 459 g/mol. The lowest BCUT2D eigenvalue weighted by Crippen LogP contribution is -2.37. The molecule has 0 aromatic heterocycles. The van der Waals surface area contributed by atoms with Gasteiger partial charge in [0, 0.05) is 25.2 Å². The van der Waals surface area contributed by atoms with Crippen molar-refractivity contribution in [1.29, 1.82) is 0 Å². The van der Waals surface area contributed by atoms with Gasteiger partial charge in [-0.2, -0.15) is 0 Å². The van der Waals surface area contributed by atoms with Gasteiger partial charge in [-0.1, -0.05) is 24.3 Å². The molecular weight excluding hydrogens is 434 g/mol. The zero-order chi connectivity index (χ0) is 24.5. The van der Waals surface area contributed by atoms with Crippen LogP contribution in [0.15, 0.2) is 48.5 Å². The molecule has 11 nitrogen and oxygen atoms in total. The first kappa shape index (κ1) is 25.3. The number of carbonyl (C=O) groups excluding carboxylic acids is 1. The Morgan fingerprint density at radius 3 is 2.27 bits per heavy atom. The first-order chi connectivity index (χ1) is 15.6.